The van der Waals surface area contributed by atoms with Gasteiger partial charge in [-0.1, -0.05) is 26.2 Å². The third-order valence-electron chi connectivity index (χ3n) is 7.80. The highest BCUT2D eigenvalue weighted by molar-refractivity contribution is 7.91. The number of methoxy groups -OCH3 is 1. The normalized spacial score (nSPS) is 25.3. The second-order valence-corrected chi connectivity index (χ2v) is 13.4. The van der Waals surface area contributed by atoms with Gasteiger partial charge in [0.15, 0.2) is 14.9 Å². The van der Waals surface area contributed by atoms with Crippen molar-refractivity contribution in [3.05, 3.63) is 23.1 Å². The molecule has 0 radical (unpaired) electrons. The number of carbonyl (C=O) groups is 3. The molecule has 1 saturated heterocycles. The first-order valence-electron chi connectivity index (χ1n) is 12.8. The molecule has 4 heterocycles. The van der Waals surface area contributed by atoms with E-state index in [1.807, 2.05) is 6.92 Å². The van der Waals surface area contributed by atoms with Crippen LogP contribution in [-0.2, 0) is 33.6 Å². The zero-order valence-electron chi connectivity index (χ0n) is 22.0. The number of ether oxygens (including phenoxy) is 3. The van der Waals surface area contributed by atoms with Gasteiger partial charge in [0.1, 0.15) is 16.9 Å². The Balaban J connectivity index is 1.57. The predicted molar refractivity (Wildman–Crippen MR) is 138 cm³/mol. The lowest BCUT2D eigenvalue weighted by atomic mass is 9.77. The number of amides is 1. The number of aromatic nitrogens is 2. The van der Waals surface area contributed by atoms with Crippen molar-refractivity contribution in [1.82, 2.24) is 14.3 Å². The largest absolute Gasteiger partial charge is 0.511 e. The fourth-order valence-electron chi connectivity index (χ4n) is 5.97. The number of rotatable bonds is 7. The molecular formula is C25H31N3O9S2. The molecule has 39 heavy (non-hydrogen) atoms. The van der Waals surface area contributed by atoms with E-state index in [1.54, 1.807) is 10.6 Å². The van der Waals surface area contributed by atoms with Crippen molar-refractivity contribution in [2.45, 2.75) is 69.4 Å². The van der Waals surface area contributed by atoms with Crippen LogP contribution in [0.25, 0.3) is 10.4 Å². The van der Waals surface area contributed by atoms with Crippen LogP contribution in [0, 0.1) is 17.8 Å². The van der Waals surface area contributed by atoms with Crippen LogP contribution in [0.2, 0.25) is 0 Å². The fourth-order valence-corrected chi connectivity index (χ4v) is 8.32. The van der Waals surface area contributed by atoms with Gasteiger partial charge < -0.3 is 24.2 Å². The highest BCUT2D eigenvalue weighted by Gasteiger charge is 2.60. The maximum absolute atomic E-state index is 13.8. The zero-order valence-corrected chi connectivity index (χ0v) is 23.7. The van der Waals surface area contributed by atoms with Gasteiger partial charge in [-0.15, -0.1) is 11.3 Å². The quantitative estimate of drug-likeness (QED) is 0.293. The lowest BCUT2D eigenvalue weighted by molar-refractivity contribution is -0.184. The van der Waals surface area contributed by atoms with E-state index in [0.29, 0.717) is 28.1 Å². The molecule has 0 bridgehead atoms. The molecule has 5 atom stereocenters. The second-order valence-electron chi connectivity index (χ2n) is 10.4. The number of carbonyl (C=O) groups excluding carboxylic acids is 3. The average molecular weight is 582 g/mol. The number of fused-ring (bicyclic) bond motifs is 2. The molecule has 5 rings (SSSR count). The Labute approximate surface area is 229 Å². The van der Waals surface area contributed by atoms with Gasteiger partial charge in [-0.2, -0.15) is 0 Å². The molecule has 14 heteroatoms. The summed E-state index contributed by atoms with van der Waals surface area (Å²) in [5, 5.41) is 10.2. The molecule has 3 aliphatic rings. The van der Waals surface area contributed by atoms with Crippen LogP contribution >= 0.6 is 11.3 Å². The lowest BCUT2D eigenvalue weighted by Crippen LogP contribution is -2.63. The predicted octanol–water partition coefficient (Wildman–Crippen LogP) is 2.60. The van der Waals surface area contributed by atoms with Crippen LogP contribution in [0.3, 0.4) is 0 Å². The van der Waals surface area contributed by atoms with Crippen molar-refractivity contribution in [2.75, 3.05) is 13.4 Å². The molecule has 1 saturated carbocycles. The number of imidazole rings is 1. The second kappa shape index (κ2) is 10.2. The highest BCUT2D eigenvalue weighted by atomic mass is 32.2. The Morgan fingerprint density at radius 1 is 1.21 bits per heavy atom. The van der Waals surface area contributed by atoms with E-state index in [1.165, 1.54) is 25.3 Å². The Morgan fingerprint density at radius 2 is 1.90 bits per heavy atom. The van der Waals surface area contributed by atoms with Crippen molar-refractivity contribution in [3.8, 4) is 0 Å². The first-order valence-corrected chi connectivity index (χ1v) is 15.5. The molecule has 2 fully saturated rings. The van der Waals surface area contributed by atoms with Crippen molar-refractivity contribution in [2.24, 2.45) is 17.8 Å². The van der Waals surface area contributed by atoms with Crippen LogP contribution in [-0.4, -0.2) is 77.6 Å². The molecule has 0 spiro atoms. The number of sulfone groups is 1. The molecule has 212 valence electrons. The fraction of sp³-hybridized carbons (Fsp3) is 0.600. The van der Waals surface area contributed by atoms with Gasteiger partial charge in [-0.05, 0) is 19.8 Å². The van der Waals surface area contributed by atoms with Crippen molar-refractivity contribution in [3.63, 3.8) is 0 Å². The summed E-state index contributed by atoms with van der Waals surface area (Å²) < 4.78 is 41.8. The molecule has 0 aromatic carbocycles. The minimum Gasteiger partial charge on any atom is -0.438 e. The molecular weight excluding hydrogens is 550 g/mol. The minimum absolute atomic E-state index is 0.00189. The van der Waals surface area contributed by atoms with Crippen molar-refractivity contribution in [1.29, 1.82) is 0 Å². The summed E-state index contributed by atoms with van der Waals surface area (Å²) in [7, 11) is -2.44. The molecule has 1 amide bonds. The summed E-state index contributed by atoms with van der Waals surface area (Å²) in [6, 6.07) is -0.487. The monoisotopic (exact) mass is 581 g/mol. The van der Waals surface area contributed by atoms with Crippen LogP contribution in [0.1, 0.15) is 50.8 Å². The van der Waals surface area contributed by atoms with Gasteiger partial charge in [-0.3, -0.25) is 9.20 Å². The first kappa shape index (κ1) is 27.6. The number of hydrogen-bond donors (Lipinski definition) is 1. The number of esters is 1. The zero-order chi connectivity index (χ0) is 28.2. The molecule has 1 N–H and O–H groups in total. The molecule has 2 aliphatic heterocycles. The Bertz CT molecular complexity index is 1450. The van der Waals surface area contributed by atoms with Crippen molar-refractivity contribution >= 4 is 49.6 Å². The maximum Gasteiger partial charge on any atom is 0.511 e. The van der Waals surface area contributed by atoms with Crippen LogP contribution in [0.4, 0.5) is 4.79 Å². The highest BCUT2D eigenvalue weighted by Crippen LogP contribution is 2.52. The van der Waals surface area contributed by atoms with Crippen LogP contribution in [0.15, 0.2) is 23.2 Å². The Hall–Kier alpha value is -2.97. The summed E-state index contributed by atoms with van der Waals surface area (Å²) >= 11 is 1.13. The molecule has 2 aromatic rings. The summed E-state index contributed by atoms with van der Waals surface area (Å²) in [5.41, 5.74) is 0.497. The molecule has 1 unspecified atom stereocenters. The lowest BCUT2D eigenvalue weighted by Gasteiger charge is -2.46. The number of aliphatic hydroxyl groups excluding tert-OH is 1. The van der Waals surface area contributed by atoms with E-state index in [9.17, 15) is 27.9 Å². The van der Waals surface area contributed by atoms with Gasteiger partial charge in [0.05, 0.1) is 30.1 Å². The third kappa shape index (κ3) is 4.72. The maximum atomic E-state index is 13.8. The van der Waals surface area contributed by atoms with E-state index in [4.69, 9.17) is 9.47 Å². The van der Waals surface area contributed by atoms with Gasteiger partial charge in [0, 0.05) is 29.9 Å². The Morgan fingerprint density at radius 3 is 2.51 bits per heavy atom. The van der Waals surface area contributed by atoms with Crippen LogP contribution in [0.5, 0.6) is 0 Å². The van der Waals surface area contributed by atoms with E-state index in [0.717, 1.165) is 36.9 Å². The Kier molecular flexibility index (Phi) is 7.22. The summed E-state index contributed by atoms with van der Waals surface area (Å²) in [4.78, 5) is 45.3. The summed E-state index contributed by atoms with van der Waals surface area (Å²) in [6.07, 6.45) is 5.23. The number of aliphatic hydroxyl groups is 1. The minimum atomic E-state index is -3.61. The van der Waals surface area contributed by atoms with Crippen molar-refractivity contribution < 1.29 is 42.1 Å². The number of thiazole rings is 1. The standard InChI is InChI=1S/C25H31N3O9S2/c1-12-16(15-10-27-11-26-20(22(27)38-15)39(4,33)34)19(28-18(12)17(13(2)29)21(28)30)23(31)36-24(37-25(32)35-3)14-8-6-5-7-9-14/h10-14,17-18,24,29H,5-9H2,1-4H3/t12-,13+,17+,18+,24?/m0/s1. The van der Waals surface area contributed by atoms with E-state index < -0.39 is 52.2 Å². The smallest absolute Gasteiger partial charge is 0.438 e. The number of hydrogen-bond acceptors (Lipinski definition) is 11. The average Bonchev–Trinajstić information content (AvgIpc) is 3.53. The van der Waals surface area contributed by atoms with E-state index in [-0.39, 0.29) is 22.6 Å². The van der Waals surface area contributed by atoms with E-state index in [2.05, 4.69) is 9.72 Å². The number of β-lactam (4-membered cyclic amide) rings is 1. The third-order valence-corrected chi connectivity index (χ3v) is 10.1. The summed E-state index contributed by atoms with van der Waals surface area (Å²) in [5.74, 6) is -2.55. The van der Waals surface area contributed by atoms with Gasteiger partial charge in [0.25, 0.3) is 6.29 Å². The molecule has 12 nitrogen and oxygen atoms in total. The molecule has 1 aliphatic carbocycles. The topological polar surface area (TPSA) is 154 Å². The van der Waals surface area contributed by atoms with Crippen LogP contribution < -0.4 is 0 Å². The molecule has 2 aromatic heterocycles. The first-order chi connectivity index (χ1) is 18.4. The number of nitrogens with zero attached hydrogens (tertiary/aromatic N) is 3. The SMILES string of the molecule is COC(=O)OC(OC(=O)C1=C(c2cn3cnc(S(C)(=O)=O)c3s2)[C@H](C)[C@@H]2[C@@H]([C@@H](C)O)C(=O)N12)C1CCCCC1. The summed E-state index contributed by atoms with van der Waals surface area (Å²) in [6.45, 7) is 3.38. The van der Waals surface area contributed by atoms with Gasteiger partial charge in [0.2, 0.25) is 5.91 Å². The van der Waals surface area contributed by atoms with Gasteiger partial charge >= 0.3 is 12.1 Å². The van der Waals surface area contributed by atoms with E-state index >= 15 is 0 Å². The van der Waals surface area contributed by atoms with Gasteiger partial charge in [-0.25, -0.2) is 23.0 Å².